The van der Waals surface area contributed by atoms with E-state index in [-0.39, 0.29) is 12.2 Å². The van der Waals surface area contributed by atoms with Crippen LogP contribution in [0.2, 0.25) is 0 Å². The molecule has 0 aliphatic rings. The van der Waals surface area contributed by atoms with E-state index in [0.717, 1.165) is 0 Å². The summed E-state index contributed by atoms with van der Waals surface area (Å²) in [5.41, 5.74) is 10.9. The lowest BCUT2D eigenvalue weighted by molar-refractivity contribution is -0.145. The number of carboxylic acid groups (broad SMARTS) is 1. The molecule has 8 N–H and O–H groups in total. The Bertz CT molecular complexity index is 408. The summed E-state index contributed by atoms with van der Waals surface area (Å²) >= 11 is 3.91. The Labute approximate surface area is 140 Å². The number of carboxylic acids is 1. The van der Waals surface area contributed by atoms with Crippen molar-refractivity contribution in [3.05, 3.63) is 0 Å². The molecule has 0 aromatic carbocycles. The SMILES string of the molecule is C[C@@H](O)[C@H](NC(=O)[C@H](CCCCN)NC(=O)[C@@H](N)CS)C(=O)O. The second-order valence-corrected chi connectivity index (χ2v) is 5.56. The van der Waals surface area contributed by atoms with Crippen molar-refractivity contribution in [2.45, 2.75) is 50.4 Å². The van der Waals surface area contributed by atoms with Gasteiger partial charge in [-0.2, -0.15) is 12.6 Å². The molecule has 0 aromatic heterocycles. The van der Waals surface area contributed by atoms with Crippen LogP contribution < -0.4 is 22.1 Å². The summed E-state index contributed by atoms with van der Waals surface area (Å²) in [5, 5.41) is 23.1. The molecule has 0 unspecified atom stereocenters. The predicted molar refractivity (Wildman–Crippen MR) is 87.9 cm³/mol. The minimum absolute atomic E-state index is 0.106. The van der Waals surface area contributed by atoms with Gasteiger partial charge in [0.2, 0.25) is 11.8 Å². The van der Waals surface area contributed by atoms with Crippen molar-refractivity contribution in [1.29, 1.82) is 0 Å². The van der Waals surface area contributed by atoms with E-state index in [2.05, 4.69) is 23.3 Å². The van der Waals surface area contributed by atoms with Gasteiger partial charge in [0.25, 0.3) is 0 Å². The number of thiol groups is 1. The number of nitrogens with one attached hydrogen (secondary N) is 2. The van der Waals surface area contributed by atoms with E-state index in [1.165, 1.54) is 6.92 Å². The molecule has 10 heteroatoms. The Balaban J connectivity index is 4.91. The van der Waals surface area contributed by atoms with Crippen molar-refractivity contribution in [2.24, 2.45) is 11.5 Å². The molecule has 0 fully saturated rings. The number of carbonyl (C=O) groups is 3. The van der Waals surface area contributed by atoms with E-state index in [9.17, 15) is 19.5 Å². The van der Waals surface area contributed by atoms with E-state index >= 15 is 0 Å². The highest BCUT2D eigenvalue weighted by molar-refractivity contribution is 7.80. The van der Waals surface area contributed by atoms with Crippen LogP contribution in [0.3, 0.4) is 0 Å². The Morgan fingerprint density at radius 2 is 1.78 bits per heavy atom. The fourth-order valence-corrected chi connectivity index (χ4v) is 1.93. The van der Waals surface area contributed by atoms with Gasteiger partial charge in [-0.15, -0.1) is 0 Å². The van der Waals surface area contributed by atoms with Crippen molar-refractivity contribution in [2.75, 3.05) is 12.3 Å². The summed E-state index contributed by atoms with van der Waals surface area (Å²) in [6.07, 6.45) is 0.214. The van der Waals surface area contributed by atoms with Crippen molar-refractivity contribution in [3.8, 4) is 0 Å². The fraction of sp³-hybridized carbons (Fsp3) is 0.769. The largest absolute Gasteiger partial charge is 0.480 e. The van der Waals surface area contributed by atoms with Gasteiger partial charge in [0, 0.05) is 5.75 Å². The number of aliphatic carboxylic acids is 1. The topological polar surface area (TPSA) is 168 Å². The molecular weight excluding hydrogens is 324 g/mol. The Kier molecular flexibility index (Phi) is 10.6. The lowest BCUT2D eigenvalue weighted by Gasteiger charge is -2.23. The first-order valence-corrected chi connectivity index (χ1v) is 7.95. The Hall–Kier alpha value is -1.36. The molecule has 9 nitrogen and oxygen atoms in total. The third-order valence-corrected chi connectivity index (χ3v) is 3.55. The second kappa shape index (κ2) is 11.2. The first-order valence-electron chi connectivity index (χ1n) is 7.32. The van der Waals surface area contributed by atoms with Gasteiger partial charge in [0.1, 0.15) is 6.04 Å². The molecule has 2 amide bonds. The highest BCUT2D eigenvalue weighted by Crippen LogP contribution is 2.03. The molecule has 0 saturated heterocycles. The minimum atomic E-state index is -1.46. The Morgan fingerprint density at radius 3 is 2.22 bits per heavy atom. The molecule has 134 valence electrons. The molecular formula is C13H26N4O5S. The monoisotopic (exact) mass is 350 g/mol. The molecule has 0 bridgehead atoms. The van der Waals surface area contributed by atoms with Gasteiger partial charge in [0.05, 0.1) is 12.1 Å². The summed E-state index contributed by atoms with van der Waals surface area (Å²) < 4.78 is 0. The van der Waals surface area contributed by atoms with Gasteiger partial charge in [-0.1, -0.05) is 0 Å². The number of hydrogen-bond donors (Lipinski definition) is 7. The third-order valence-electron chi connectivity index (χ3n) is 3.16. The van der Waals surface area contributed by atoms with E-state index in [1.54, 1.807) is 0 Å². The summed E-state index contributed by atoms with van der Waals surface area (Å²) in [7, 11) is 0. The van der Waals surface area contributed by atoms with Crippen LogP contribution in [0, 0.1) is 0 Å². The summed E-state index contributed by atoms with van der Waals surface area (Å²) in [6, 6.07) is -3.30. The third kappa shape index (κ3) is 8.16. The van der Waals surface area contributed by atoms with Crippen LogP contribution in [-0.2, 0) is 14.4 Å². The molecule has 23 heavy (non-hydrogen) atoms. The average Bonchev–Trinajstić information content (AvgIpc) is 2.49. The van der Waals surface area contributed by atoms with Crippen LogP contribution in [0.5, 0.6) is 0 Å². The van der Waals surface area contributed by atoms with Crippen LogP contribution in [0.4, 0.5) is 0 Å². The number of aliphatic hydroxyl groups excluding tert-OH is 1. The van der Waals surface area contributed by atoms with Crippen LogP contribution in [0.25, 0.3) is 0 Å². The van der Waals surface area contributed by atoms with Gasteiger partial charge < -0.3 is 32.3 Å². The summed E-state index contributed by atoms with van der Waals surface area (Å²) in [6.45, 7) is 1.68. The number of aliphatic hydroxyl groups is 1. The molecule has 0 radical (unpaired) electrons. The molecule has 0 heterocycles. The molecule has 0 aliphatic heterocycles. The molecule has 0 spiro atoms. The van der Waals surface area contributed by atoms with Gasteiger partial charge in [-0.05, 0) is 32.7 Å². The maximum atomic E-state index is 12.2. The van der Waals surface area contributed by atoms with Crippen LogP contribution in [0.1, 0.15) is 26.2 Å². The standard InChI is InChI=1S/C13H26N4O5S/c1-7(18)10(13(21)22)17-12(20)9(4-2-3-5-14)16-11(19)8(15)6-23/h7-10,18,23H,2-6,14-15H2,1H3,(H,16,19)(H,17,20)(H,21,22)/t7-,8+,9+,10+/m1/s1. The van der Waals surface area contributed by atoms with Crippen LogP contribution in [0.15, 0.2) is 0 Å². The van der Waals surface area contributed by atoms with Crippen molar-refractivity contribution >= 4 is 30.4 Å². The van der Waals surface area contributed by atoms with Crippen LogP contribution >= 0.6 is 12.6 Å². The summed E-state index contributed by atoms with van der Waals surface area (Å²) in [5.74, 6) is -2.52. The summed E-state index contributed by atoms with van der Waals surface area (Å²) in [4.78, 5) is 35.1. The maximum Gasteiger partial charge on any atom is 0.328 e. The number of hydrogen-bond acceptors (Lipinski definition) is 7. The number of rotatable bonds is 11. The predicted octanol–water partition coefficient (Wildman–Crippen LogP) is -2.19. The zero-order valence-corrected chi connectivity index (χ0v) is 14.0. The lowest BCUT2D eigenvalue weighted by atomic mass is 10.1. The number of carbonyl (C=O) groups excluding carboxylic acids is 2. The lowest BCUT2D eigenvalue weighted by Crippen LogP contribution is -2.56. The van der Waals surface area contributed by atoms with Crippen molar-refractivity contribution in [3.63, 3.8) is 0 Å². The highest BCUT2D eigenvalue weighted by atomic mass is 32.1. The number of amides is 2. The van der Waals surface area contributed by atoms with Gasteiger partial charge in [0.15, 0.2) is 6.04 Å². The molecule has 4 atom stereocenters. The van der Waals surface area contributed by atoms with Gasteiger partial charge >= 0.3 is 5.97 Å². The molecule has 0 rings (SSSR count). The van der Waals surface area contributed by atoms with E-state index in [1.807, 2.05) is 0 Å². The molecule has 0 saturated carbocycles. The van der Waals surface area contributed by atoms with Crippen LogP contribution in [-0.4, -0.2) is 64.5 Å². The number of unbranched alkanes of at least 4 members (excludes halogenated alkanes) is 1. The van der Waals surface area contributed by atoms with E-state index in [4.69, 9.17) is 16.6 Å². The quantitative estimate of drug-likeness (QED) is 0.164. The highest BCUT2D eigenvalue weighted by Gasteiger charge is 2.29. The zero-order valence-electron chi connectivity index (χ0n) is 13.1. The zero-order chi connectivity index (χ0) is 18.0. The maximum absolute atomic E-state index is 12.2. The normalized spacial score (nSPS) is 16.0. The van der Waals surface area contributed by atoms with Gasteiger partial charge in [-0.3, -0.25) is 9.59 Å². The van der Waals surface area contributed by atoms with Crippen molar-refractivity contribution < 1.29 is 24.6 Å². The first kappa shape index (κ1) is 21.6. The number of nitrogens with two attached hydrogens (primary N) is 2. The first-order chi connectivity index (χ1) is 10.7. The van der Waals surface area contributed by atoms with E-state index in [0.29, 0.717) is 19.4 Å². The second-order valence-electron chi connectivity index (χ2n) is 5.20. The minimum Gasteiger partial charge on any atom is -0.480 e. The molecule has 0 aliphatic carbocycles. The molecule has 0 aromatic rings. The van der Waals surface area contributed by atoms with Gasteiger partial charge in [-0.25, -0.2) is 4.79 Å². The van der Waals surface area contributed by atoms with Crippen molar-refractivity contribution in [1.82, 2.24) is 10.6 Å². The Morgan fingerprint density at radius 1 is 1.17 bits per heavy atom. The van der Waals surface area contributed by atoms with E-state index < -0.39 is 42.0 Å². The smallest absolute Gasteiger partial charge is 0.328 e. The average molecular weight is 350 g/mol. The fourth-order valence-electron chi connectivity index (χ4n) is 1.77.